The molecule has 0 saturated heterocycles. The predicted octanol–water partition coefficient (Wildman–Crippen LogP) is 8.22. The summed E-state index contributed by atoms with van der Waals surface area (Å²) < 4.78 is 0. The van der Waals surface area contributed by atoms with E-state index in [9.17, 15) is 14.4 Å². The number of fused-ring (bicyclic) bond motifs is 4. The summed E-state index contributed by atoms with van der Waals surface area (Å²) in [4.78, 5) is 43.2. The van der Waals surface area contributed by atoms with Gasteiger partial charge in [0.15, 0.2) is 0 Å². The molecule has 1 unspecified atom stereocenters. The van der Waals surface area contributed by atoms with Gasteiger partial charge in [0.2, 0.25) is 11.8 Å². The number of carbonyl (C=O) groups excluding carboxylic acids is 3. The Kier molecular flexibility index (Phi) is 9.53. The summed E-state index contributed by atoms with van der Waals surface area (Å²) in [6.07, 6.45) is 2.34. The minimum absolute atomic E-state index is 0.125. The largest absolute Gasteiger partial charge is 0.369 e. The zero-order chi connectivity index (χ0) is 33.8. The zero-order valence-electron chi connectivity index (χ0n) is 27.4. The maximum absolute atomic E-state index is 14.8. The minimum atomic E-state index is -0.975. The van der Waals surface area contributed by atoms with Crippen LogP contribution < -0.4 is 16.0 Å². The molecule has 0 aromatic heterocycles. The average Bonchev–Trinajstić information content (AvgIpc) is 3.19. The molecule has 0 spiro atoms. The predicted molar refractivity (Wildman–Crippen MR) is 194 cm³/mol. The summed E-state index contributed by atoms with van der Waals surface area (Å²) in [7, 11) is 0. The summed E-state index contributed by atoms with van der Waals surface area (Å²) in [6, 6.07) is 37.5. The summed E-state index contributed by atoms with van der Waals surface area (Å²) in [5, 5.41) is 5.44. The van der Waals surface area contributed by atoms with E-state index >= 15 is 0 Å². The van der Waals surface area contributed by atoms with E-state index in [1.807, 2.05) is 86.6 Å². The number of amides is 3. The molecule has 6 nitrogen and oxygen atoms in total. The van der Waals surface area contributed by atoms with E-state index in [0.717, 1.165) is 38.9 Å². The van der Waals surface area contributed by atoms with Gasteiger partial charge in [-0.1, -0.05) is 117 Å². The highest BCUT2D eigenvalue weighted by atomic mass is 16.2. The van der Waals surface area contributed by atoms with Gasteiger partial charge in [0.25, 0.3) is 5.91 Å². The average molecular weight is 636 g/mol. The van der Waals surface area contributed by atoms with E-state index in [4.69, 9.17) is 5.73 Å². The molecular formula is C42H41N3O3. The summed E-state index contributed by atoms with van der Waals surface area (Å²) in [6.45, 7) is 8.09. The molecule has 3 amide bonds. The molecule has 0 bridgehead atoms. The van der Waals surface area contributed by atoms with E-state index < -0.39 is 23.8 Å². The van der Waals surface area contributed by atoms with Crippen LogP contribution in [0.1, 0.15) is 43.9 Å². The zero-order valence-corrected chi connectivity index (χ0v) is 27.4. The van der Waals surface area contributed by atoms with Gasteiger partial charge >= 0.3 is 0 Å². The van der Waals surface area contributed by atoms with Gasteiger partial charge in [-0.3, -0.25) is 14.4 Å². The first kappa shape index (κ1) is 32.5. The van der Waals surface area contributed by atoms with Crippen molar-refractivity contribution in [1.29, 1.82) is 0 Å². The van der Waals surface area contributed by atoms with Gasteiger partial charge in [0, 0.05) is 5.56 Å². The Balaban J connectivity index is 1.39. The fourth-order valence-electron chi connectivity index (χ4n) is 6.91. The first-order valence-electron chi connectivity index (χ1n) is 16.5. The van der Waals surface area contributed by atoms with Gasteiger partial charge in [0.05, 0.1) is 24.1 Å². The molecule has 48 heavy (non-hydrogen) atoms. The number of allylic oxidation sites excluding steroid dienone is 1. The molecule has 0 fully saturated rings. The topological polar surface area (TPSA) is 92.5 Å². The quantitative estimate of drug-likeness (QED) is 0.143. The monoisotopic (exact) mass is 635 g/mol. The van der Waals surface area contributed by atoms with Crippen molar-refractivity contribution in [3.63, 3.8) is 0 Å². The van der Waals surface area contributed by atoms with Crippen LogP contribution in [0.4, 0.5) is 5.69 Å². The Morgan fingerprint density at radius 1 is 0.812 bits per heavy atom. The number of rotatable bonds is 11. The van der Waals surface area contributed by atoms with Crippen LogP contribution in [-0.4, -0.2) is 17.7 Å². The fourth-order valence-corrected chi connectivity index (χ4v) is 6.91. The van der Waals surface area contributed by atoms with Gasteiger partial charge in [-0.25, -0.2) is 0 Å². The van der Waals surface area contributed by atoms with Gasteiger partial charge < -0.3 is 16.0 Å². The lowest BCUT2D eigenvalue weighted by Crippen LogP contribution is -2.47. The first-order valence-corrected chi connectivity index (χ1v) is 16.5. The highest BCUT2D eigenvalue weighted by Crippen LogP contribution is 2.41. The van der Waals surface area contributed by atoms with Crippen LogP contribution in [0, 0.1) is 17.8 Å². The molecule has 0 saturated carbocycles. The van der Waals surface area contributed by atoms with Crippen molar-refractivity contribution in [2.45, 2.75) is 39.3 Å². The molecule has 3 atom stereocenters. The minimum Gasteiger partial charge on any atom is -0.369 e. The third-order valence-electron chi connectivity index (χ3n) is 9.24. The van der Waals surface area contributed by atoms with Crippen molar-refractivity contribution in [1.82, 2.24) is 5.32 Å². The first-order chi connectivity index (χ1) is 23.2. The molecular weight excluding hydrogens is 594 g/mol. The number of hydrogen-bond donors (Lipinski definition) is 2. The molecule has 3 N–H and O–H groups in total. The number of nitrogens with zero attached hydrogens (tertiary/aromatic N) is 1. The van der Waals surface area contributed by atoms with Crippen molar-refractivity contribution in [2.24, 2.45) is 23.5 Å². The van der Waals surface area contributed by atoms with Gasteiger partial charge in [-0.15, -0.1) is 6.58 Å². The Labute approximate surface area is 282 Å². The van der Waals surface area contributed by atoms with Gasteiger partial charge in [-0.05, 0) is 75.5 Å². The second-order valence-electron chi connectivity index (χ2n) is 13.0. The number of primary amides is 1. The molecule has 1 aliphatic rings. The normalized spacial score (nSPS) is 15.3. The number of nitrogens with two attached hydrogens (primary N) is 1. The smallest absolute Gasteiger partial charge is 0.254 e. The molecule has 0 radical (unpaired) electrons. The van der Waals surface area contributed by atoms with Crippen LogP contribution in [-0.2, 0) is 20.9 Å². The Hall–Kier alpha value is -5.49. The van der Waals surface area contributed by atoms with E-state index in [2.05, 4.69) is 54.4 Å². The van der Waals surface area contributed by atoms with Crippen molar-refractivity contribution >= 4 is 34.2 Å². The van der Waals surface area contributed by atoms with Gasteiger partial charge in [0.1, 0.15) is 6.04 Å². The molecule has 0 aliphatic carbocycles. The number of carbonyl (C=O) groups is 3. The molecule has 1 heterocycles. The third kappa shape index (κ3) is 6.65. The Morgan fingerprint density at radius 2 is 1.50 bits per heavy atom. The van der Waals surface area contributed by atoms with E-state index in [-0.39, 0.29) is 24.2 Å². The number of para-hydroxylation sites is 1. The van der Waals surface area contributed by atoms with Crippen LogP contribution in [0.5, 0.6) is 0 Å². The molecule has 242 valence electrons. The number of nitrogens with one attached hydrogen (secondary N) is 1. The SMILES string of the molecule is C=CC[C@H](C(N)=O)[C@@H](CC(C)C)C(=O)NC1C(=O)N(Cc2cccc(-c3ccc4ccccc4c3)c2)c2ccccc2-c2ccccc21. The lowest BCUT2D eigenvalue weighted by atomic mass is 9.82. The molecule has 6 heteroatoms. The second-order valence-corrected chi connectivity index (χ2v) is 13.0. The molecule has 1 aliphatic heterocycles. The Bertz CT molecular complexity index is 2000. The number of hydrogen-bond acceptors (Lipinski definition) is 3. The van der Waals surface area contributed by atoms with Crippen LogP contribution in [0.3, 0.4) is 0 Å². The fraction of sp³-hybridized carbons (Fsp3) is 0.214. The summed E-state index contributed by atoms with van der Waals surface area (Å²) in [5.74, 6) is -2.49. The summed E-state index contributed by atoms with van der Waals surface area (Å²) >= 11 is 0. The maximum Gasteiger partial charge on any atom is 0.254 e. The summed E-state index contributed by atoms with van der Waals surface area (Å²) in [5.41, 5.74) is 12.2. The molecule has 5 aromatic rings. The van der Waals surface area contributed by atoms with Crippen molar-refractivity contribution in [2.75, 3.05) is 4.90 Å². The lowest BCUT2D eigenvalue weighted by molar-refractivity contribution is -0.135. The Morgan fingerprint density at radius 3 is 2.25 bits per heavy atom. The molecule has 5 aromatic carbocycles. The van der Waals surface area contributed by atoms with Crippen LogP contribution in [0.2, 0.25) is 0 Å². The lowest BCUT2D eigenvalue weighted by Gasteiger charge is -2.30. The highest BCUT2D eigenvalue weighted by Gasteiger charge is 2.38. The van der Waals surface area contributed by atoms with Crippen molar-refractivity contribution in [3.8, 4) is 22.3 Å². The third-order valence-corrected chi connectivity index (χ3v) is 9.24. The number of benzene rings is 5. The van der Waals surface area contributed by atoms with Crippen LogP contribution in [0.15, 0.2) is 128 Å². The van der Waals surface area contributed by atoms with Crippen LogP contribution in [0.25, 0.3) is 33.0 Å². The van der Waals surface area contributed by atoms with Crippen molar-refractivity contribution < 1.29 is 14.4 Å². The van der Waals surface area contributed by atoms with Gasteiger partial charge in [-0.2, -0.15) is 0 Å². The highest BCUT2D eigenvalue weighted by molar-refractivity contribution is 6.06. The van der Waals surface area contributed by atoms with Crippen LogP contribution >= 0.6 is 0 Å². The maximum atomic E-state index is 14.8. The molecule has 6 rings (SSSR count). The second kappa shape index (κ2) is 14.1. The van der Waals surface area contributed by atoms with Crippen molar-refractivity contribution in [3.05, 3.63) is 139 Å². The standard InChI is InChI=1S/C42H41N3O3/c1-4-12-36(40(43)46)37(23-27(2)3)41(47)44-39-35-19-8-7-17-33(35)34-18-9-10-20-38(34)45(42(39)48)26-28-13-11-16-30(24-28)32-22-21-29-14-5-6-15-31(29)25-32/h4-11,13-22,24-25,27,36-37,39H,1,12,23,26H2,2-3H3,(H2,43,46)(H,44,47)/t36-,37+,39?/m0/s1. The van der Waals surface area contributed by atoms with E-state index in [0.29, 0.717) is 18.5 Å². The van der Waals surface area contributed by atoms with E-state index in [1.165, 1.54) is 5.39 Å². The van der Waals surface area contributed by atoms with E-state index in [1.54, 1.807) is 11.0 Å². The number of anilines is 1.